The third-order valence-electron chi connectivity index (χ3n) is 2.01. The third-order valence-corrected chi connectivity index (χ3v) is 2.01. The Morgan fingerprint density at radius 3 is 2.75 bits per heavy atom. The van der Waals surface area contributed by atoms with Crippen LogP contribution >= 0.6 is 0 Å². The van der Waals surface area contributed by atoms with E-state index in [4.69, 9.17) is 21.0 Å². The van der Waals surface area contributed by atoms with Gasteiger partial charge in [-0.15, -0.1) is 6.42 Å². The number of hydrogen-bond donors (Lipinski definition) is 1. The zero-order chi connectivity index (χ0) is 12.1. The zero-order valence-corrected chi connectivity index (χ0v) is 9.11. The first-order chi connectivity index (χ1) is 7.60. The number of methoxy groups -OCH3 is 1. The number of terminal acetylenes is 1. The predicted molar refractivity (Wildman–Crippen MR) is 59.0 cm³/mol. The first kappa shape index (κ1) is 11.9. The smallest absolute Gasteiger partial charge is 0.335 e. The summed E-state index contributed by atoms with van der Waals surface area (Å²) in [4.78, 5) is 10.8. The Morgan fingerprint density at radius 1 is 1.56 bits per heavy atom. The number of aryl methyl sites for hydroxylation is 1. The van der Waals surface area contributed by atoms with Crippen LogP contribution < -0.4 is 9.47 Å². The normalized spacial score (nSPS) is 9.31. The standard InChI is InChI=1S/C12H12O4/c1-4-5-16-11-8(2)6-9(12(13)14)7-10(11)15-3/h1,6-7H,5H2,2-3H3,(H,13,14). The molecule has 0 radical (unpaired) electrons. The van der Waals surface area contributed by atoms with Gasteiger partial charge in [-0.2, -0.15) is 0 Å². The molecule has 1 rings (SSSR count). The molecule has 1 aromatic rings. The van der Waals surface area contributed by atoms with E-state index in [1.54, 1.807) is 6.92 Å². The Hall–Kier alpha value is -2.15. The maximum Gasteiger partial charge on any atom is 0.335 e. The lowest BCUT2D eigenvalue weighted by molar-refractivity contribution is 0.0696. The highest BCUT2D eigenvalue weighted by atomic mass is 16.5. The minimum atomic E-state index is -1.01. The molecule has 0 spiro atoms. The second kappa shape index (κ2) is 5.08. The number of ether oxygens (including phenoxy) is 2. The average molecular weight is 220 g/mol. The maximum atomic E-state index is 10.8. The van der Waals surface area contributed by atoms with Gasteiger partial charge in [0.1, 0.15) is 6.61 Å². The van der Waals surface area contributed by atoms with Gasteiger partial charge in [-0.3, -0.25) is 0 Å². The molecule has 0 bridgehead atoms. The quantitative estimate of drug-likeness (QED) is 0.785. The van der Waals surface area contributed by atoms with Gasteiger partial charge in [-0.25, -0.2) is 4.79 Å². The lowest BCUT2D eigenvalue weighted by Crippen LogP contribution is -2.03. The fourth-order valence-electron chi connectivity index (χ4n) is 1.32. The van der Waals surface area contributed by atoms with Crippen LogP contribution in [0, 0.1) is 19.3 Å². The molecule has 0 unspecified atom stereocenters. The van der Waals surface area contributed by atoms with E-state index in [2.05, 4.69) is 5.92 Å². The highest BCUT2D eigenvalue weighted by Gasteiger charge is 2.13. The van der Waals surface area contributed by atoms with Crippen LogP contribution in [0.1, 0.15) is 15.9 Å². The molecule has 16 heavy (non-hydrogen) atoms. The summed E-state index contributed by atoms with van der Waals surface area (Å²) < 4.78 is 10.3. The van der Waals surface area contributed by atoms with Crippen LogP contribution in [0.2, 0.25) is 0 Å². The summed E-state index contributed by atoms with van der Waals surface area (Å²) in [6, 6.07) is 2.91. The molecule has 84 valence electrons. The Morgan fingerprint density at radius 2 is 2.25 bits per heavy atom. The molecule has 0 atom stereocenters. The maximum absolute atomic E-state index is 10.8. The average Bonchev–Trinajstić information content (AvgIpc) is 2.26. The van der Waals surface area contributed by atoms with E-state index >= 15 is 0 Å². The summed E-state index contributed by atoms with van der Waals surface area (Å²) in [6.45, 7) is 1.85. The van der Waals surface area contributed by atoms with Gasteiger partial charge in [-0.1, -0.05) is 5.92 Å². The fourth-order valence-corrected chi connectivity index (χ4v) is 1.32. The van der Waals surface area contributed by atoms with Crippen LogP contribution in [0.25, 0.3) is 0 Å². The van der Waals surface area contributed by atoms with E-state index in [0.717, 1.165) is 0 Å². The van der Waals surface area contributed by atoms with Crippen LogP contribution in [-0.4, -0.2) is 24.8 Å². The van der Waals surface area contributed by atoms with E-state index in [9.17, 15) is 4.79 Å². The molecule has 0 fully saturated rings. The zero-order valence-electron chi connectivity index (χ0n) is 9.11. The Kier molecular flexibility index (Phi) is 3.78. The number of hydrogen-bond acceptors (Lipinski definition) is 3. The second-order valence-corrected chi connectivity index (χ2v) is 3.12. The molecule has 0 aliphatic carbocycles. The van der Waals surface area contributed by atoms with Crippen LogP contribution in [-0.2, 0) is 0 Å². The molecule has 4 nitrogen and oxygen atoms in total. The van der Waals surface area contributed by atoms with Crippen molar-refractivity contribution in [2.75, 3.05) is 13.7 Å². The number of benzene rings is 1. The first-order valence-electron chi connectivity index (χ1n) is 4.58. The lowest BCUT2D eigenvalue weighted by atomic mass is 10.1. The van der Waals surface area contributed by atoms with Crippen molar-refractivity contribution < 1.29 is 19.4 Å². The largest absolute Gasteiger partial charge is 0.493 e. The molecule has 0 saturated heterocycles. The van der Waals surface area contributed by atoms with E-state index in [1.165, 1.54) is 19.2 Å². The second-order valence-electron chi connectivity index (χ2n) is 3.12. The number of aromatic carboxylic acids is 1. The highest BCUT2D eigenvalue weighted by molar-refractivity contribution is 5.89. The van der Waals surface area contributed by atoms with Crippen molar-refractivity contribution in [1.82, 2.24) is 0 Å². The van der Waals surface area contributed by atoms with Crippen molar-refractivity contribution in [1.29, 1.82) is 0 Å². The van der Waals surface area contributed by atoms with Gasteiger partial charge < -0.3 is 14.6 Å². The van der Waals surface area contributed by atoms with Gasteiger partial charge in [0.25, 0.3) is 0 Å². The van der Waals surface area contributed by atoms with E-state index < -0.39 is 5.97 Å². The van der Waals surface area contributed by atoms with Crippen molar-refractivity contribution in [3.63, 3.8) is 0 Å². The molecular weight excluding hydrogens is 208 g/mol. The number of carboxylic acids is 1. The number of rotatable bonds is 4. The van der Waals surface area contributed by atoms with Crippen molar-refractivity contribution in [3.05, 3.63) is 23.3 Å². The molecule has 4 heteroatoms. The topological polar surface area (TPSA) is 55.8 Å². The molecule has 0 saturated carbocycles. The van der Waals surface area contributed by atoms with Gasteiger partial charge in [0.2, 0.25) is 0 Å². The van der Waals surface area contributed by atoms with E-state index in [-0.39, 0.29) is 12.2 Å². The predicted octanol–water partition coefficient (Wildman–Crippen LogP) is 1.71. The van der Waals surface area contributed by atoms with Crippen molar-refractivity contribution in [2.45, 2.75) is 6.92 Å². The summed E-state index contributed by atoms with van der Waals surface area (Å²) >= 11 is 0. The molecule has 0 amide bonds. The van der Waals surface area contributed by atoms with Gasteiger partial charge in [-0.05, 0) is 24.6 Å². The van der Waals surface area contributed by atoms with Crippen LogP contribution in [0.4, 0.5) is 0 Å². The molecular formula is C12H12O4. The SMILES string of the molecule is C#CCOc1c(C)cc(C(=O)O)cc1OC. The molecule has 0 aliphatic heterocycles. The third kappa shape index (κ3) is 2.45. The summed E-state index contributed by atoms with van der Waals surface area (Å²) in [5.41, 5.74) is 0.828. The number of carbonyl (C=O) groups is 1. The van der Waals surface area contributed by atoms with Crippen molar-refractivity contribution >= 4 is 5.97 Å². The van der Waals surface area contributed by atoms with Crippen molar-refractivity contribution in [2.24, 2.45) is 0 Å². The van der Waals surface area contributed by atoms with Crippen LogP contribution in [0.5, 0.6) is 11.5 Å². The molecule has 1 aromatic carbocycles. The van der Waals surface area contributed by atoms with Crippen LogP contribution in [0.15, 0.2) is 12.1 Å². The fraction of sp³-hybridized carbons (Fsp3) is 0.250. The van der Waals surface area contributed by atoms with Gasteiger partial charge in [0.05, 0.1) is 12.7 Å². The summed E-state index contributed by atoms with van der Waals surface area (Å²) in [5, 5.41) is 8.87. The molecule has 0 aliphatic rings. The van der Waals surface area contributed by atoms with Gasteiger partial charge in [0, 0.05) is 0 Å². The van der Waals surface area contributed by atoms with E-state index in [0.29, 0.717) is 17.1 Å². The number of carboxylic acid groups (broad SMARTS) is 1. The molecule has 0 aromatic heterocycles. The first-order valence-corrected chi connectivity index (χ1v) is 4.58. The van der Waals surface area contributed by atoms with Crippen LogP contribution in [0.3, 0.4) is 0 Å². The van der Waals surface area contributed by atoms with E-state index in [1.807, 2.05) is 0 Å². The van der Waals surface area contributed by atoms with Gasteiger partial charge in [0.15, 0.2) is 11.5 Å². The lowest BCUT2D eigenvalue weighted by Gasteiger charge is -2.12. The summed E-state index contributed by atoms with van der Waals surface area (Å²) in [5.74, 6) is 2.17. The molecule has 1 N–H and O–H groups in total. The minimum Gasteiger partial charge on any atom is -0.493 e. The monoisotopic (exact) mass is 220 g/mol. The highest BCUT2D eigenvalue weighted by Crippen LogP contribution is 2.32. The minimum absolute atomic E-state index is 0.115. The summed E-state index contributed by atoms with van der Waals surface area (Å²) in [7, 11) is 1.45. The Bertz CT molecular complexity index is 443. The van der Waals surface area contributed by atoms with Crippen molar-refractivity contribution in [3.8, 4) is 23.8 Å². The Labute approximate surface area is 93.8 Å². The van der Waals surface area contributed by atoms with Gasteiger partial charge >= 0.3 is 5.97 Å². The Balaban J connectivity index is 3.18. The summed E-state index contributed by atoms with van der Waals surface area (Å²) in [6.07, 6.45) is 5.09. The molecule has 0 heterocycles.